The van der Waals surface area contributed by atoms with Crippen LogP contribution in [0.25, 0.3) is 0 Å². The summed E-state index contributed by atoms with van der Waals surface area (Å²) >= 11 is 0. The Balaban J connectivity index is 2.14. The largest absolute Gasteiger partial charge is 0.317 e. The number of hydrogen-bond acceptors (Lipinski definition) is 2. The molecule has 8 heavy (non-hydrogen) atoms. The molecule has 0 spiro atoms. The first-order valence-corrected chi connectivity index (χ1v) is 2.93. The van der Waals surface area contributed by atoms with Gasteiger partial charge in [0.05, 0.1) is 6.07 Å². The van der Waals surface area contributed by atoms with Crippen molar-refractivity contribution in [3.8, 4) is 6.07 Å². The predicted octanol–water partition coefficient (Wildman–Crippen LogP) is 0.508. The molecule has 1 aliphatic rings. The van der Waals surface area contributed by atoms with E-state index in [2.05, 4.69) is 11.4 Å². The number of nitrogens with zero attached hydrogens (tertiary/aromatic N) is 1. The molecule has 2 heteroatoms. The molecule has 2 nitrogen and oxygen atoms in total. The van der Waals surface area contributed by atoms with Crippen molar-refractivity contribution in [3.05, 3.63) is 0 Å². The minimum absolute atomic E-state index is 0.340. The minimum Gasteiger partial charge on any atom is -0.317 e. The highest BCUT2D eigenvalue weighted by Gasteiger charge is 2.26. The van der Waals surface area contributed by atoms with Crippen LogP contribution in [0, 0.1) is 17.2 Å². The van der Waals surface area contributed by atoms with Crippen LogP contribution < -0.4 is 5.32 Å². The molecule has 0 amide bonds. The van der Waals surface area contributed by atoms with Gasteiger partial charge in [0.1, 0.15) is 0 Å². The Hall–Kier alpha value is -0.550. The first kappa shape index (κ1) is 5.58. The fraction of sp³-hybridized carbons (Fsp3) is 0.833. The molecular formula is C6H10N2. The fourth-order valence-electron chi connectivity index (χ4n) is 0.959. The van der Waals surface area contributed by atoms with Crippen LogP contribution in [0.1, 0.15) is 12.8 Å². The van der Waals surface area contributed by atoms with E-state index in [1.165, 1.54) is 0 Å². The van der Waals surface area contributed by atoms with Gasteiger partial charge >= 0.3 is 0 Å². The van der Waals surface area contributed by atoms with Crippen molar-refractivity contribution in [2.75, 3.05) is 7.05 Å². The topological polar surface area (TPSA) is 35.8 Å². The molecule has 0 aliphatic heterocycles. The Labute approximate surface area is 49.5 Å². The molecule has 1 saturated carbocycles. The summed E-state index contributed by atoms with van der Waals surface area (Å²) in [5.41, 5.74) is 0. The lowest BCUT2D eigenvalue weighted by Gasteiger charge is -2.29. The van der Waals surface area contributed by atoms with Crippen molar-refractivity contribution in [3.63, 3.8) is 0 Å². The molecule has 0 aromatic rings. The second-order valence-electron chi connectivity index (χ2n) is 2.28. The van der Waals surface area contributed by atoms with Crippen molar-refractivity contribution in [2.45, 2.75) is 18.9 Å². The summed E-state index contributed by atoms with van der Waals surface area (Å²) in [7, 11) is 1.94. The van der Waals surface area contributed by atoms with E-state index in [1.807, 2.05) is 7.05 Å². The molecule has 0 unspecified atom stereocenters. The summed E-state index contributed by atoms with van der Waals surface area (Å²) in [6.07, 6.45) is 2.10. The van der Waals surface area contributed by atoms with E-state index >= 15 is 0 Å². The highest BCUT2D eigenvalue weighted by Crippen LogP contribution is 2.25. The van der Waals surface area contributed by atoms with Crippen molar-refractivity contribution in [1.29, 1.82) is 5.26 Å². The summed E-state index contributed by atoms with van der Waals surface area (Å²) < 4.78 is 0. The Morgan fingerprint density at radius 2 is 2.25 bits per heavy atom. The summed E-state index contributed by atoms with van der Waals surface area (Å²) in [6, 6.07) is 2.85. The number of rotatable bonds is 1. The van der Waals surface area contributed by atoms with Gasteiger partial charge in [0, 0.05) is 12.0 Å². The lowest BCUT2D eigenvalue weighted by Crippen LogP contribution is -2.38. The van der Waals surface area contributed by atoms with Crippen LogP contribution in [0.4, 0.5) is 0 Å². The van der Waals surface area contributed by atoms with E-state index in [4.69, 9.17) is 5.26 Å². The van der Waals surface area contributed by atoms with E-state index in [1.54, 1.807) is 0 Å². The standard InChI is InChI=1S/C6H10N2/c1-8-6-2-5(3-6)4-7/h5-6,8H,2-3H2,1H3. The van der Waals surface area contributed by atoms with Gasteiger partial charge in [-0.2, -0.15) is 5.26 Å². The zero-order valence-corrected chi connectivity index (χ0v) is 5.02. The van der Waals surface area contributed by atoms with Crippen molar-refractivity contribution >= 4 is 0 Å². The maximum Gasteiger partial charge on any atom is 0.0657 e. The van der Waals surface area contributed by atoms with E-state index in [-0.39, 0.29) is 0 Å². The third-order valence-corrected chi connectivity index (χ3v) is 1.73. The zero-order valence-electron chi connectivity index (χ0n) is 5.02. The molecule has 0 atom stereocenters. The van der Waals surface area contributed by atoms with Crippen LogP contribution in [-0.2, 0) is 0 Å². The zero-order chi connectivity index (χ0) is 5.98. The molecule has 1 N–H and O–H groups in total. The average molecular weight is 110 g/mol. The molecule has 1 rings (SSSR count). The minimum atomic E-state index is 0.340. The monoisotopic (exact) mass is 110 g/mol. The lowest BCUT2D eigenvalue weighted by atomic mass is 9.82. The Morgan fingerprint density at radius 3 is 2.62 bits per heavy atom. The maximum atomic E-state index is 8.32. The predicted molar refractivity (Wildman–Crippen MR) is 31.2 cm³/mol. The molecule has 0 aromatic heterocycles. The Morgan fingerprint density at radius 1 is 1.62 bits per heavy atom. The first-order valence-electron chi connectivity index (χ1n) is 2.93. The third kappa shape index (κ3) is 0.823. The van der Waals surface area contributed by atoms with Gasteiger partial charge < -0.3 is 5.32 Å². The lowest BCUT2D eigenvalue weighted by molar-refractivity contribution is 0.290. The number of nitrogens with one attached hydrogen (secondary N) is 1. The normalized spacial score (nSPS) is 35.5. The van der Waals surface area contributed by atoms with Gasteiger partial charge in [-0.1, -0.05) is 0 Å². The maximum absolute atomic E-state index is 8.32. The van der Waals surface area contributed by atoms with Crippen molar-refractivity contribution in [1.82, 2.24) is 5.32 Å². The van der Waals surface area contributed by atoms with E-state index in [9.17, 15) is 0 Å². The van der Waals surface area contributed by atoms with Gasteiger partial charge in [0.25, 0.3) is 0 Å². The Kier molecular flexibility index (Phi) is 1.50. The number of nitriles is 1. The summed E-state index contributed by atoms with van der Waals surface area (Å²) in [6.45, 7) is 0. The highest BCUT2D eigenvalue weighted by atomic mass is 14.9. The SMILES string of the molecule is CNC1CC(C#N)C1. The summed E-state index contributed by atoms with van der Waals surface area (Å²) in [5.74, 6) is 0.340. The smallest absolute Gasteiger partial charge is 0.0657 e. The van der Waals surface area contributed by atoms with Gasteiger partial charge in [-0.3, -0.25) is 0 Å². The van der Waals surface area contributed by atoms with Crippen molar-refractivity contribution < 1.29 is 0 Å². The van der Waals surface area contributed by atoms with Crippen LogP contribution in [0.2, 0.25) is 0 Å². The molecule has 0 saturated heterocycles. The number of hydrogen-bond donors (Lipinski definition) is 1. The van der Waals surface area contributed by atoms with Gasteiger partial charge in [0.15, 0.2) is 0 Å². The third-order valence-electron chi connectivity index (χ3n) is 1.73. The second-order valence-corrected chi connectivity index (χ2v) is 2.28. The van der Waals surface area contributed by atoms with Gasteiger partial charge in [0.2, 0.25) is 0 Å². The Bertz CT molecular complexity index is 108. The molecule has 1 aliphatic carbocycles. The molecular weight excluding hydrogens is 100 g/mol. The highest BCUT2D eigenvalue weighted by molar-refractivity contribution is 4.96. The van der Waals surface area contributed by atoms with E-state index in [0.29, 0.717) is 12.0 Å². The molecule has 0 heterocycles. The second kappa shape index (κ2) is 2.15. The fourth-order valence-corrected chi connectivity index (χ4v) is 0.959. The van der Waals surface area contributed by atoms with Crippen LogP contribution >= 0.6 is 0 Å². The molecule has 44 valence electrons. The molecule has 0 aromatic carbocycles. The van der Waals surface area contributed by atoms with E-state index < -0.39 is 0 Å². The van der Waals surface area contributed by atoms with Gasteiger partial charge in [-0.25, -0.2) is 0 Å². The first-order chi connectivity index (χ1) is 3.86. The molecule has 0 radical (unpaired) electrons. The van der Waals surface area contributed by atoms with Crippen LogP contribution in [0.3, 0.4) is 0 Å². The summed E-state index contributed by atoms with van der Waals surface area (Å²) in [5, 5.41) is 11.4. The molecule has 1 fully saturated rings. The average Bonchev–Trinajstić information content (AvgIpc) is 1.65. The van der Waals surface area contributed by atoms with Gasteiger partial charge in [-0.05, 0) is 19.9 Å². The van der Waals surface area contributed by atoms with Crippen LogP contribution in [0.15, 0.2) is 0 Å². The van der Waals surface area contributed by atoms with Crippen molar-refractivity contribution in [2.24, 2.45) is 5.92 Å². The van der Waals surface area contributed by atoms with Crippen LogP contribution in [0.5, 0.6) is 0 Å². The molecule has 0 bridgehead atoms. The quantitative estimate of drug-likeness (QED) is 0.533. The summed E-state index contributed by atoms with van der Waals surface area (Å²) in [4.78, 5) is 0. The van der Waals surface area contributed by atoms with Crippen LogP contribution in [-0.4, -0.2) is 13.1 Å². The van der Waals surface area contributed by atoms with Gasteiger partial charge in [-0.15, -0.1) is 0 Å². The van der Waals surface area contributed by atoms with E-state index in [0.717, 1.165) is 12.8 Å².